The average Bonchev–Trinajstić information content (AvgIpc) is 3.33. The summed E-state index contributed by atoms with van der Waals surface area (Å²) < 4.78 is 0. The molecular weight excluding hydrogens is 342 g/mol. The Bertz CT molecular complexity index is 934. The maximum Gasteiger partial charge on any atom is 0.263 e. The van der Waals surface area contributed by atoms with Gasteiger partial charge < -0.3 is 9.88 Å². The molecule has 1 atom stereocenters. The van der Waals surface area contributed by atoms with Crippen molar-refractivity contribution < 1.29 is 4.79 Å². The third kappa shape index (κ3) is 2.75. The van der Waals surface area contributed by atoms with Crippen LogP contribution < -0.4 is 0 Å². The number of nitrogens with zero attached hydrogens (tertiary/aromatic N) is 2. The Morgan fingerprint density at radius 3 is 3.08 bits per heavy atom. The van der Waals surface area contributed by atoms with Crippen molar-refractivity contribution in [3.05, 3.63) is 51.5 Å². The third-order valence-corrected chi connectivity index (χ3v) is 7.07. The molecule has 1 N–H and O–H groups in total. The molecule has 5 heteroatoms. The highest BCUT2D eigenvalue weighted by molar-refractivity contribution is 7.14. The van der Waals surface area contributed by atoms with E-state index in [1.807, 2.05) is 12.4 Å². The molecule has 1 unspecified atom stereocenters. The molecule has 1 aliphatic heterocycles. The van der Waals surface area contributed by atoms with Gasteiger partial charge in [-0.25, -0.2) is 4.98 Å². The SMILES string of the molecule is O=C(c1cc2c(s1)CCCC2)N1CCCC(c2ccnc3[nH]ccc23)C1. The molecule has 0 saturated carbocycles. The van der Waals surface area contributed by atoms with Crippen molar-refractivity contribution in [2.24, 2.45) is 0 Å². The molecule has 0 aromatic carbocycles. The molecule has 4 heterocycles. The fourth-order valence-electron chi connectivity index (χ4n) is 4.51. The predicted molar refractivity (Wildman–Crippen MR) is 105 cm³/mol. The Balaban J connectivity index is 1.39. The largest absolute Gasteiger partial charge is 0.346 e. The van der Waals surface area contributed by atoms with Crippen molar-refractivity contribution in [2.75, 3.05) is 13.1 Å². The van der Waals surface area contributed by atoms with Crippen LogP contribution in [0.4, 0.5) is 0 Å². The molecule has 2 aliphatic rings. The van der Waals surface area contributed by atoms with Crippen LogP contribution in [0.3, 0.4) is 0 Å². The Hall–Kier alpha value is -2.14. The zero-order valence-corrected chi connectivity index (χ0v) is 15.6. The van der Waals surface area contributed by atoms with Crippen molar-refractivity contribution in [1.29, 1.82) is 0 Å². The second-order valence-electron chi connectivity index (χ2n) is 7.50. The van der Waals surface area contributed by atoms with Crippen LogP contribution in [0.1, 0.15) is 57.3 Å². The van der Waals surface area contributed by atoms with E-state index >= 15 is 0 Å². The van der Waals surface area contributed by atoms with Crippen molar-refractivity contribution in [3.8, 4) is 0 Å². The van der Waals surface area contributed by atoms with Crippen LogP contribution >= 0.6 is 11.3 Å². The van der Waals surface area contributed by atoms with Crippen LogP contribution in [0.5, 0.6) is 0 Å². The summed E-state index contributed by atoms with van der Waals surface area (Å²) in [5.74, 6) is 0.622. The van der Waals surface area contributed by atoms with E-state index in [0.717, 1.165) is 49.3 Å². The lowest BCUT2D eigenvalue weighted by molar-refractivity contribution is 0.0712. The summed E-state index contributed by atoms with van der Waals surface area (Å²) in [7, 11) is 0. The maximum atomic E-state index is 13.1. The number of aromatic nitrogens is 2. The summed E-state index contributed by atoms with van der Waals surface area (Å²) in [6.45, 7) is 1.69. The highest BCUT2D eigenvalue weighted by Crippen LogP contribution is 2.34. The monoisotopic (exact) mass is 365 g/mol. The maximum absolute atomic E-state index is 13.1. The zero-order valence-electron chi connectivity index (χ0n) is 14.8. The minimum absolute atomic E-state index is 0.230. The number of carbonyl (C=O) groups excluding carboxylic acids is 1. The minimum atomic E-state index is 0.230. The fraction of sp³-hybridized carbons (Fsp3) is 0.429. The van der Waals surface area contributed by atoms with E-state index in [9.17, 15) is 4.79 Å². The Morgan fingerprint density at radius 1 is 1.23 bits per heavy atom. The van der Waals surface area contributed by atoms with E-state index < -0.39 is 0 Å². The predicted octanol–water partition coefficient (Wildman–Crippen LogP) is 4.52. The van der Waals surface area contributed by atoms with Gasteiger partial charge in [-0.15, -0.1) is 11.3 Å². The van der Waals surface area contributed by atoms with Gasteiger partial charge in [0.2, 0.25) is 0 Å². The second-order valence-corrected chi connectivity index (χ2v) is 8.63. The van der Waals surface area contributed by atoms with E-state index in [-0.39, 0.29) is 5.91 Å². The first-order valence-corrected chi connectivity index (χ1v) is 10.4. The Morgan fingerprint density at radius 2 is 2.15 bits per heavy atom. The number of thiophene rings is 1. The van der Waals surface area contributed by atoms with Crippen LogP contribution in [0.15, 0.2) is 30.6 Å². The lowest BCUT2D eigenvalue weighted by Crippen LogP contribution is -2.38. The molecule has 5 rings (SSSR count). The van der Waals surface area contributed by atoms with Gasteiger partial charge in [-0.3, -0.25) is 4.79 Å². The van der Waals surface area contributed by atoms with Crippen molar-refractivity contribution in [3.63, 3.8) is 0 Å². The standard InChI is InChI=1S/C21H23N3OS/c25-21(19-12-14-4-1-2-6-18(14)26-19)24-11-3-5-15(13-24)16-7-9-22-20-17(16)8-10-23-20/h7-10,12,15H,1-6,11,13H2,(H,22,23). The third-order valence-electron chi connectivity index (χ3n) is 5.85. The number of piperidine rings is 1. The van der Waals surface area contributed by atoms with E-state index in [2.05, 4.69) is 33.1 Å². The molecule has 4 nitrogen and oxygen atoms in total. The van der Waals surface area contributed by atoms with Crippen LogP contribution in [0, 0.1) is 0 Å². The number of nitrogens with one attached hydrogen (secondary N) is 1. The summed E-state index contributed by atoms with van der Waals surface area (Å²) in [6, 6.07) is 6.40. The highest BCUT2D eigenvalue weighted by atomic mass is 32.1. The molecule has 0 spiro atoms. The number of aryl methyl sites for hydroxylation is 2. The summed E-state index contributed by atoms with van der Waals surface area (Å²) in [6.07, 6.45) is 10.8. The molecular formula is C21H23N3OS. The molecule has 3 aromatic heterocycles. The Kier molecular flexibility index (Phi) is 4.04. The first-order chi connectivity index (χ1) is 12.8. The topological polar surface area (TPSA) is 49.0 Å². The van der Waals surface area contributed by atoms with Crippen LogP contribution in [-0.4, -0.2) is 33.9 Å². The van der Waals surface area contributed by atoms with Gasteiger partial charge in [0.05, 0.1) is 4.88 Å². The van der Waals surface area contributed by atoms with Gasteiger partial charge in [0.1, 0.15) is 5.65 Å². The van der Waals surface area contributed by atoms with Crippen LogP contribution in [-0.2, 0) is 12.8 Å². The van der Waals surface area contributed by atoms with E-state index in [0.29, 0.717) is 5.92 Å². The smallest absolute Gasteiger partial charge is 0.263 e. The van der Waals surface area contributed by atoms with E-state index in [1.165, 1.54) is 34.2 Å². The summed E-state index contributed by atoms with van der Waals surface area (Å²) in [4.78, 5) is 25.2. The quantitative estimate of drug-likeness (QED) is 0.726. The number of amides is 1. The van der Waals surface area contributed by atoms with Crippen LogP contribution in [0.2, 0.25) is 0 Å². The molecule has 134 valence electrons. The number of carbonyl (C=O) groups is 1. The molecule has 0 radical (unpaired) electrons. The number of likely N-dealkylation sites (tertiary alicyclic amines) is 1. The van der Waals surface area contributed by atoms with Gasteiger partial charge in [0.25, 0.3) is 5.91 Å². The summed E-state index contributed by atoms with van der Waals surface area (Å²) >= 11 is 1.73. The first-order valence-electron chi connectivity index (χ1n) is 9.62. The van der Waals surface area contributed by atoms with Gasteiger partial charge >= 0.3 is 0 Å². The molecule has 0 bridgehead atoms. The van der Waals surface area contributed by atoms with Crippen molar-refractivity contribution in [1.82, 2.24) is 14.9 Å². The summed E-state index contributed by atoms with van der Waals surface area (Å²) in [5.41, 5.74) is 3.68. The lowest BCUT2D eigenvalue weighted by atomic mass is 9.89. The average molecular weight is 366 g/mol. The molecule has 1 saturated heterocycles. The van der Waals surface area contributed by atoms with Gasteiger partial charge in [-0.05, 0) is 67.9 Å². The van der Waals surface area contributed by atoms with Crippen LogP contribution in [0.25, 0.3) is 11.0 Å². The number of rotatable bonds is 2. The van der Waals surface area contributed by atoms with Gasteiger partial charge in [-0.1, -0.05) is 0 Å². The number of pyridine rings is 1. The minimum Gasteiger partial charge on any atom is -0.346 e. The Labute approximate surface area is 157 Å². The van der Waals surface area contributed by atoms with Gasteiger partial charge in [0.15, 0.2) is 0 Å². The van der Waals surface area contributed by atoms with Crippen molar-refractivity contribution >= 4 is 28.3 Å². The fourth-order valence-corrected chi connectivity index (χ4v) is 5.73. The molecule has 1 amide bonds. The molecule has 26 heavy (non-hydrogen) atoms. The number of hydrogen-bond donors (Lipinski definition) is 1. The van der Waals surface area contributed by atoms with Crippen molar-refractivity contribution in [2.45, 2.75) is 44.4 Å². The molecule has 1 fully saturated rings. The number of H-pyrrole nitrogens is 1. The molecule has 3 aromatic rings. The number of aromatic amines is 1. The van der Waals surface area contributed by atoms with Gasteiger partial charge in [0, 0.05) is 41.7 Å². The zero-order chi connectivity index (χ0) is 17.5. The second kappa shape index (κ2) is 6.54. The van der Waals surface area contributed by atoms with E-state index in [4.69, 9.17) is 0 Å². The molecule has 1 aliphatic carbocycles. The first kappa shape index (κ1) is 16.1. The summed E-state index contributed by atoms with van der Waals surface area (Å²) in [5, 5.41) is 1.19. The van der Waals surface area contributed by atoms with Gasteiger partial charge in [-0.2, -0.15) is 0 Å². The van der Waals surface area contributed by atoms with E-state index in [1.54, 1.807) is 11.3 Å². The lowest BCUT2D eigenvalue weighted by Gasteiger charge is -2.33. The normalized spacial score (nSPS) is 20.3. The highest BCUT2D eigenvalue weighted by Gasteiger charge is 2.28. The number of fused-ring (bicyclic) bond motifs is 2. The number of hydrogen-bond acceptors (Lipinski definition) is 3.